The molecule has 7 heteroatoms. The van der Waals surface area contributed by atoms with Gasteiger partial charge in [-0.2, -0.15) is 0 Å². The van der Waals surface area contributed by atoms with Crippen molar-refractivity contribution in [2.45, 2.75) is 6.42 Å². The number of hydrogen-bond acceptors (Lipinski definition) is 4. The van der Waals surface area contributed by atoms with E-state index in [1.807, 2.05) is 42.3 Å². The quantitative estimate of drug-likeness (QED) is 0.800. The van der Waals surface area contributed by atoms with Crippen LogP contribution in [0.4, 0.5) is 0 Å². The Kier molecular flexibility index (Phi) is 11.9. The molecule has 1 N–H and O–H groups in total. The van der Waals surface area contributed by atoms with Gasteiger partial charge in [0.1, 0.15) is 12.4 Å². The molecule has 0 bridgehead atoms. The van der Waals surface area contributed by atoms with Crippen LogP contribution in [-0.2, 0) is 4.79 Å². The highest BCUT2D eigenvalue weighted by atomic mass is 35.5. The number of halogens is 2. The standard InChI is InChI=1S/C16H25N3O2.2ClH/c1-17-8-7-16(20)19-11-9-18(10-12-19)13-14-21-15-5-3-2-4-6-15;;/h2-6,17H,7-14H2,1H3;2*1H. The fraction of sp³-hybridized carbons (Fsp3) is 0.562. The molecule has 0 unspecified atom stereocenters. The van der Waals surface area contributed by atoms with Crippen molar-refractivity contribution in [2.24, 2.45) is 0 Å². The zero-order valence-electron chi connectivity index (χ0n) is 13.6. The van der Waals surface area contributed by atoms with Crippen LogP contribution >= 0.6 is 24.8 Å². The molecule has 2 rings (SSSR count). The summed E-state index contributed by atoms with van der Waals surface area (Å²) >= 11 is 0. The van der Waals surface area contributed by atoms with Gasteiger partial charge in [-0.25, -0.2) is 0 Å². The summed E-state index contributed by atoms with van der Waals surface area (Å²) in [6, 6.07) is 9.88. The van der Waals surface area contributed by atoms with Crippen LogP contribution in [0.1, 0.15) is 6.42 Å². The van der Waals surface area contributed by atoms with Gasteiger partial charge in [-0.1, -0.05) is 18.2 Å². The van der Waals surface area contributed by atoms with Crippen molar-refractivity contribution >= 4 is 30.7 Å². The van der Waals surface area contributed by atoms with Crippen LogP contribution in [0.2, 0.25) is 0 Å². The van der Waals surface area contributed by atoms with Crippen molar-refractivity contribution in [1.82, 2.24) is 15.1 Å². The van der Waals surface area contributed by atoms with Crippen LogP contribution in [0.15, 0.2) is 30.3 Å². The molecular formula is C16H27Cl2N3O2. The van der Waals surface area contributed by atoms with Gasteiger partial charge in [0.05, 0.1) is 0 Å². The lowest BCUT2D eigenvalue weighted by Gasteiger charge is -2.34. The summed E-state index contributed by atoms with van der Waals surface area (Å²) in [4.78, 5) is 16.2. The van der Waals surface area contributed by atoms with E-state index < -0.39 is 0 Å². The van der Waals surface area contributed by atoms with E-state index in [1.165, 1.54) is 0 Å². The SMILES string of the molecule is CNCCC(=O)N1CCN(CCOc2ccccc2)CC1.Cl.Cl. The van der Waals surface area contributed by atoms with Gasteiger partial charge in [0.25, 0.3) is 0 Å². The number of nitrogens with one attached hydrogen (secondary N) is 1. The summed E-state index contributed by atoms with van der Waals surface area (Å²) in [7, 11) is 1.87. The Balaban J connectivity index is 0.00000242. The molecule has 1 fully saturated rings. The van der Waals surface area contributed by atoms with Gasteiger partial charge in [-0.05, 0) is 19.2 Å². The third kappa shape index (κ3) is 7.88. The molecule has 0 aliphatic carbocycles. The monoisotopic (exact) mass is 363 g/mol. The number of carbonyl (C=O) groups excluding carboxylic acids is 1. The summed E-state index contributed by atoms with van der Waals surface area (Å²) in [5.74, 6) is 1.17. The highest BCUT2D eigenvalue weighted by molar-refractivity contribution is 5.85. The minimum atomic E-state index is 0. The van der Waals surface area contributed by atoms with E-state index in [1.54, 1.807) is 0 Å². The van der Waals surface area contributed by atoms with Gasteiger partial charge < -0.3 is 15.0 Å². The fourth-order valence-corrected chi connectivity index (χ4v) is 2.42. The first kappa shape index (κ1) is 22.0. The maximum absolute atomic E-state index is 11.9. The number of para-hydroxylation sites is 1. The number of carbonyl (C=O) groups is 1. The number of ether oxygens (including phenoxy) is 1. The largest absolute Gasteiger partial charge is 0.492 e. The zero-order valence-corrected chi connectivity index (χ0v) is 15.2. The van der Waals surface area contributed by atoms with Crippen LogP contribution in [0, 0.1) is 0 Å². The minimum absolute atomic E-state index is 0. The number of hydrogen-bond donors (Lipinski definition) is 1. The second kappa shape index (κ2) is 12.4. The van der Waals surface area contributed by atoms with Gasteiger partial charge >= 0.3 is 0 Å². The number of rotatable bonds is 7. The summed E-state index contributed by atoms with van der Waals surface area (Å²) in [6.45, 7) is 5.88. The molecule has 1 aromatic rings. The molecule has 132 valence electrons. The van der Waals surface area contributed by atoms with E-state index in [9.17, 15) is 4.79 Å². The van der Waals surface area contributed by atoms with Crippen LogP contribution in [-0.4, -0.2) is 68.6 Å². The predicted molar refractivity (Wildman–Crippen MR) is 98.0 cm³/mol. The Morgan fingerprint density at radius 3 is 2.39 bits per heavy atom. The van der Waals surface area contributed by atoms with Gasteiger partial charge in [-0.15, -0.1) is 24.8 Å². The summed E-state index contributed by atoms with van der Waals surface area (Å²) < 4.78 is 5.71. The molecule has 5 nitrogen and oxygen atoms in total. The Hall–Kier alpha value is -1.01. The average Bonchev–Trinajstić information content (AvgIpc) is 2.54. The van der Waals surface area contributed by atoms with Crippen molar-refractivity contribution in [3.8, 4) is 5.75 Å². The molecular weight excluding hydrogens is 337 g/mol. The third-order valence-electron chi connectivity index (χ3n) is 3.73. The second-order valence-corrected chi connectivity index (χ2v) is 5.24. The van der Waals surface area contributed by atoms with Gasteiger partial charge in [0.15, 0.2) is 0 Å². The van der Waals surface area contributed by atoms with Gasteiger partial charge in [0, 0.05) is 45.7 Å². The van der Waals surface area contributed by atoms with Crippen LogP contribution in [0.5, 0.6) is 5.75 Å². The minimum Gasteiger partial charge on any atom is -0.492 e. The molecule has 0 atom stereocenters. The predicted octanol–water partition coefficient (Wildman–Crippen LogP) is 1.66. The van der Waals surface area contributed by atoms with Crippen molar-refractivity contribution < 1.29 is 9.53 Å². The molecule has 0 saturated carbocycles. The summed E-state index contributed by atoms with van der Waals surface area (Å²) in [6.07, 6.45) is 0.591. The van der Waals surface area contributed by atoms with E-state index in [2.05, 4.69) is 10.2 Å². The van der Waals surface area contributed by atoms with E-state index in [4.69, 9.17) is 4.74 Å². The van der Waals surface area contributed by atoms with Crippen LogP contribution in [0.25, 0.3) is 0 Å². The Morgan fingerprint density at radius 1 is 1.13 bits per heavy atom. The number of amides is 1. The lowest BCUT2D eigenvalue weighted by atomic mass is 10.2. The van der Waals surface area contributed by atoms with Crippen LogP contribution in [0.3, 0.4) is 0 Å². The summed E-state index contributed by atoms with van der Waals surface area (Å²) in [5, 5.41) is 3.02. The van der Waals surface area contributed by atoms with Crippen molar-refractivity contribution in [3.05, 3.63) is 30.3 Å². The fourth-order valence-electron chi connectivity index (χ4n) is 2.42. The first-order chi connectivity index (χ1) is 10.3. The average molecular weight is 364 g/mol. The molecule has 0 aromatic heterocycles. The van der Waals surface area contributed by atoms with E-state index in [-0.39, 0.29) is 30.7 Å². The smallest absolute Gasteiger partial charge is 0.223 e. The highest BCUT2D eigenvalue weighted by Gasteiger charge is 2.20. The molecule has 0 spiro atoms. The molecule has 1 heterocycles. The summed E-state index contributed by atoms with van der Waals surface area (Å²) in [5.41, 5.74) is 0. The zero-order chi connectivity index (χ0) is 14.9. The highest BCUT2D eigenvalue weighted by Crippen LogP contribution is 2.09. The molecule has 23 heavy (non-hydrogen) atoms. The number of nitrogens with zero attached hydrogens (tertiary/aromatic N) is 2. The van der Waals surface area contributed by atoms with E-state index in [0.717, 1.165) is 45.0 Å². The Morgan fingerprint density at radius 2 is 1.78 bits per heavy atom. The van der Waals surface area contributed by atoms with Crippen molar-refractivity contribution in [1.29, 1.82) is 0 Å². The lowest BCUT2D eigenvalue weighted by molar-refractivity contribution is -0.132. The van der Waals surface area contributed by atoms with Gasteiger partial charge in [-0.3, -0.25) is 9.69 Å². The van der Waals surface area contributed by atoms with Crippen molar-refractivity contribution in [3.63, 3.8) is 0 Å². The lowest BCUT2D eigenvalue weighted by Crippen LogP contribution is -2.49. The Bertz CT molecular complexity index is 427. The molecule has 1 saturated heterocycles. The Labute approximate surface area is 151 Å². The van der Waals surface area contributed by atoms with E-state index >= 15 is 0 Å². The normalized spacial score (nSPS) is 14.6. The number of piperazine rings is 1. The maximum atomic E-state index is 11.9. The first-order valence-electron chi connectivity index (χ1n) is 7.62. The van der Waals surface area contributed by atoms with Crippen LogP contribution < -0.4 is 10.1 Å². The molecule has 1 aliphatic heterocycles. The molecule has 1 aliphatic rings. The maximum Gasteiger partial charge on any atom is 0.223 e. The van der Waals surface area contributed by atoms with Gasteiger partial charge in [0.2, 0.25) is 5.91 Å². The first-order valence-corrected chi connectivity index (χ1v) is 7.62. The van der Waals surface area contributed by atoms with E-state index in [0.29, 0.717) is 13.0 Å². The molecule has 1 aromatic carbocycles. The molecule has 0 radical (unpaired) electrons. The van der Waals surface area contributed by atoms with Crippen molar-refractivity contribution in [2.75, 3.05) is 52.9 Å². The third-order valence-corrected chi connectivity index (χ3v) is 3.73. The topological polar surface area (TPSA) is 44.8 Å². The number of benzene rings is 1. The molecule has 1 amide bonds. The second-order valence-electron chi connectivity index (χ2n) is 5.24.